The number of nitrogens with one attached hydrogen (secondary N) is 2. The zero-order chi connectivity index (χ0) is 15.6. The lowest BCUT2D eigenvalue weighted by atomic mass is 10.0. The number of ether oxygens (including phenoxy) is 1. The van der Waals surface area contributed by atoms with Gasteiger partial charge >= 0.3 is 6.03 Å². The van der Waals surface area contributed by atoms with E-state index in [4.69, 9.17) is 4.74 Å². The van der Waals surface area contributed by atoms with Gasteiger partial charge in [-0.15, -0.1) is 0 Å². The summed E-state index contributed by atoms with van der Waals surface area (Å²) < 4.78 is 33.4. The van der Waals surface area contributed by atoms with Gasteiger partial charge in [0.2, 0.25) is 0 Å². The van der Waals surface area contributed by atoms with E-state index in [2.05, 4.69) is 10.0 Å². The molecule has 122 valence electrons. The van der Waals surface area contributed by atoms with Gasteiger partial charge in [0.15, 0.2) is 0 Å². The van der Waals surface area contributed by atoms with Gasteiger partial charge in [-0.05, 0) is 20.3 Å². The Hall–Kier alpha value is -0.900. The summed E-state index contributed by atoms with van der Waals surface area (Å²) in [5.74, 6) is 0. The molecule has 2 amide bonds. The van der Waals surface area contributed by atoms with Crippen LogP contribution in [0.15, 0.2) is 0 Å². The fourth-order valence-corrected chi connectivity index (χ4v) is 4.31. The molecule has 2 saturated heterocycles. The number of carbonyl (C=O) groups is 1. The van der Waals surface area contributed by atoms with Crippen molar-refractivity contribution in [2.45, 2.75) is 38.4 Å². The highest BCUT2D eigenvalue weighted by Crippen LogP contribution is 2.23. The van der Waals surface area contributed by atoms with E-state index in [-0.39, 0.29) is 24.2 Å². The van der Waals surface area contributed by atoms with Gasteiger partial charge in [-0.1, -0.05) is 0 Å². The van der Waals surface area contributed by atoms with Crippen LogP contribution >= 0.6 is 0 Å². The Bertz CT molecular complexity index is 482. The van der Waals surface area contributed by atoms with Crippen LogP contribution in [0.2, 0.25) is 0 Å². The minimum Gasteiger partial charge on any atom is -0.383 e. The number of piperidine rings is 1. The minimum absolute atomic E-state index is 0.0400. The first-order valence-corrected chi connectivity index (χ1v) is 8.62. The number of rotatable bonds is 6. The third-order valence-electron chi connectivity index (χ3n) is 3.77. The minimum atomic E-state index is -3.48. The molecule has 0 saturated carbocycles. The van der Waals surface area contributed by atoms with Crippen LogP contribution in [-0.4, -0.2) is 75.1 Å². The van der Waals surface area contributed by atoms with Crippen molar-refractivity contribution in [3.63, 3.8) is 0 Å². The molecule has 2 N–H and O–H groups in total. The third kappa shape index (κ3) is 3.65. The highest BCUT2D eigenvalue weighted by Gasteiger charge is 2.44. The maximum Gasteiger partial charge on any atom is 0.318 e. The molecule has 2 fully saturated rings. The van der Waals surface area contributed by atoms with Gasteiger partial charge in [-0.25, -0.2) is 4.79 Å². The number of hydrogen-bond acceptors (Lipinski definition) is 4. The van der Waals surface area contributed by atoms with Gasteiger partial charge in [0.05, 0.1) is 18.7 Å². The number of amides is 2. The van der Waals surface area contributed by atoms with Gasteiger partial charge < -0.3 is 15.0 Å². The van der Waals surface area contributed by atoms with Crippen LogP contribution in [0.1, 0.15) is 20.3 Å². The van der Waals surface area contributed by atoms with Crippen LogP contribution < -0.4 is 10.0 Å². The highest BCUT2D eigenvalue weighted by molar-refractivity contribution is 7.87. The predicted molar refractivity (Wildman–Crippen MR) is 78.1 cm³/mol. The molecule has 0 radical (unpaired) electrons. The van der Waals surface area contributed by atoms with Crippen molar-refractivity contribution < 1.29 is 17.9 Å². The summed E-state index contributed by atoms with van der Waals surface area (Å²) in [7, 11) is -1.89. The average molecular weight is 320 g/mol. The van der Waals surface area contributed by atoms with Crippen molar-refractivity contribution in [2.24, 2.45) is 0 Å². The normalized spacial score (nSPS) is 27.0. The maximum atomic E-state index is 12.2. The molecular weight excluding hydrogens is 296 g/mol. The van der Waals surface area contributed by atoms with Crippen molar-refractivity contribution in [3.05, 3.63) is 0 Å². The number of urea groups is 1. The largest absolute Gasteiger partial charge is 0.383 e. The molecule has 2 atom stereocenters. The van der Waals surface area contributed by atoms with Crippen LogP contribution in [0.5, 0.6) is 0 Å². The maximum absolute atomic E-state index is 12.2. The zero-order valence-electron chi connectivity index (χ0n) is 12.7. The number of methoxy groups -OCH3 is 1. The van der Waals surface area contributed by atoms with Gasteiger partial charge in [-0.2, -0.15) is 17.4 Å². The first kappa shape index (κ1) is 16.5. The molecule has 0 aromatic rings. The smallest absolute Gasteiger partial charge is 0.318 e. The van der Waals surface area contributed by atoms with Gasteiger partial charge in [0.1, 0.15) is 0 Å². The topological polar surface area (TPSA) is 91.0 Å². The molecule has 8 nitrogen and oxygen atoms in total. The fourth-order valence-electron chi connectivity index (χ4n) is 2.86. The first-order valence-electron chi connectivity index (χ1n) is 7.18. The molecule has 0 bridgehead atoms. The molecule has 0 aliphatic carbocycles. The van der Waals surface area contributed by atoms with Crippen LogP contribution in [0.3, 0.4) is 0 Å². The molecule has 21 heavy (non-hydrogen) atoms. The molecule has 0 unspecified atom stereocenters. The Labute approximate surface area is 126 Å². The van der Waals surface area contributed by atoms with Crippen LogP contribution in [-0.2, 0) is 14.9 Å². The van der Waals surface area contributed by atoms with Crippen LogP contribution in [0.4, 0.5) is 4.79 Å². The summed E-state index contributed by atoms with van der Waals surface area (Å²) in [5.41, 5.74) is 0. The monoisotopic (exact) mass is 320 g/mol. The molecule has 2 aliphatic rings. The molecule has 0 spiro atoms. The van der Waals surface area contributed by atoms with Gasteiger partial charge in [0.25, 0.3) is 10.2 Å². The van der Waals surface area contributed by atoms with Crippen molar-refractivity contribution >= 4 is 16.2 Å². The molecule has 2 rings (SSSR count). The summed E-state index contributed by atoms with van der Waals surface area (Å²) in [4.78, 5) is 13.7. The standard InChI is InChI=1S/C12H24N4O4S/c1-9(2)14-21(18,19)15-5-4-11-10(8-15)13-12(17)16(11)6-7-20-3/h9-11,14H,4-8H2,1-3H3,(H,13,17)/t10-,11+/m0/s1. The van der Waals surface area contributed by atoms with E-state index in [1.807, 2.05) is 0 Å². The Balaban J connectivity index is 2.01. The lowest BCUT2D eigenvalue weighted by Crippen LogP contribution is -2.56. The van der Waals surface area contributed by atoms with Crippen LogP contribution in [0, 0.1) is 0 Å². The van der Waals surface area contributed by atoms with E-state index in [0.717, 1.165) is 0 Å². The van der Waals surface area contributed by atoms with Crippen molar-refractivity contribution in [1.29, 1.82) is 0 Å². The van der Waals surface area contributed by atoms with Crippen molar-refractivity contribution in [2.75, 3.05) is 33.4 Å². The summed E-state index contributed by atoms with van der Waals surface area (Å²) in [5, 5.41) is 2.87. The Kier molecular flexibility index (Phi) is 5.07. The van der Waals surface area contributed by atoms with E-state index in [1.165, 1.54) is 4.31 Å². The van der Waals surface area contributed by atoms with Crippen molar-refractivity contribution in [3.8, 4) is 0 Å². The second-order valence-electron chi connectivity index (χ2n) is 5.73. The molecule has 9 heteroatoms. The SMILES string of the molecule is COCCN1C(=O)N[C@H]2CN(S(=O)(=O)NC(C)C)CC[C@H]21. The van der Waals surface area contributed by atoms with E-state index in [9.17, 15) is 13.2 Å². The van der Waals surface area contributed by atoms with E-state index in [0.29, 0.717) is 32.7 Å². The number of fused-ring (bicyclic) bond motifs is 1. The second kappa shape index (κ2) is 6.47. The Morgan fingerprint density at radius 3 is 2.81 bits per heavy atom. The Morgan fingerprint density at radius 1 is 1.48 bits per heavy atom. The second-order valence-corrected chi connectivity index (χ2v) is 7.44. The van der Waals surface area contributed by atoms with Crippen LogP contribution in [0.25, 0.3) is 0 Å². The summed E-state index contributed by atoms with van der Waals surface area (Å²) in [6, 6.07) is -0.410. The Morgan fingerprint density at radius 2 is 2.19 bits per heavy atom. The summed E-state index contributed by atoms with van der Waals surface area (Å²) >= 11 is 0. The fraction of sp³-hybridized carbons (Fsp3) is 0.917. The van der Waals surface area contributed by atoms with E-state index in [1.54, 1.807) is 25.9 Å². The molecule has 0 aromatic carbocycles. The number of hydrogen-bond donors (Lipinski definition) is 2. The number of nitrogens with zero attached hydrogens (tertiary/aromatic N) is 2. The zero-order valence-corrected chi connectivity index (χ0v) is 13.5. The lowest BCUT2D eigenvalue weighted by Gasteiger charge is -2.36. The number of carbonyl (C=O) groups excluding carboxylic acids is 1. The first-order chi connectivity index (χ1) is 9.85. The van der Waals surface area contributed by atoms with Crippen molar-refractivity contribution in [1.82, 2.24) is 19.2 Å². The van der Waals surface area contributed by atoms with E-state index >= 15 is 0 Å². The van der Waals surface area contributed by atoms with E-state index < -0.39 is 10.2 Å². The molecule has 0 aromatic heterocycles. The summed E-state index contributed by atoms with van der Waals surface area (Å²) in [6.07, 6.45) is 0.631. The third-order valence-corrected chi connectivity index (χ3v) is 5.55. The highest BCUT2D eigenvalue weighted by atomic mass is 32.2. The predicted octanol–water partition coefficient (Wildman–Crippen LogP) is -0.656. The molecular formula is C12H24N4O4S. The molecule has 2 aliphatic heterocycles. The average Bonchev–Trinajstić information content (AvgIpc) is 2.69. The molecule has 2 heterocycles. The van der Waals surface area contributed by atoms with Gasteiger partial charge in [-0.3, -0.25) is 0 Å². The lowest BCUT2D eigenvalue weighted by molar-refractivity contribution is 0.130. The summed E-state index contributed by atoms with van der Waals surface area (Å²) in [6.45, 7) is 5.31. The van der Waals surface area contributed by atoms with Gasteiger partial charge in [0, 0.05) is 32.8 Å². The quantitative estimate of drug-likeness (QED) is 0.680.